The third-order valence-electron chi connectivity index (χ3n) is 3.76. The number of hydrogen-bond acceptors (Lipinski definition) is 4. The highest BCUT2D eigenvalue weighted by Crippen LogP contribution is 2.32. The van der Waals surface area contributed by atoms with Gasteiger partial charge in [0.05, 0.1) is 12.0 Å². The van der Waals surface area contributed by atoms with E-state index in [0.29, 0.717) is 11.9 Å². The highest BCUT2D eigenvalue weighted by atomic mass is 19.4. The van der Waals surface area contributed by atoms with Gasteiger partial charge >= 0.3 is 12.4 Å². The van der Waals surface area contributed by atoms with Crippen molar-refractivity contribution in [1.82, 2.24) is 19.3 Å². The van der Waals surface area contributed by atoms with Gasteiger partial charge in [-0.25, -0.2) is 4.98 Å². The van der Waals surface area contributed by atoms with Gasteiger partial charge in [0, 0.05) is 43.5 Å². The maximum Gasteiger partial charge on any atom is 0.434 e. The molecular weight excluding hydrogens is 380 g/mol. The van der Waals surface area contributed by atoms with Crippen LogP contribution in [0.25, 0.3) is 11.4 Å². The minimum absolute atomic E-state index is 0.247. The van der Waals surface area contributed by atoms with Gasteiger partial charge in [0.15, 0.2) is 5.69 Å². The fourth-order valence-corrected chi connectivity index (χ4v) is 2.35. The normalized spacial score (nSPS) is 13.3. The molecule has 2 rings (SSSR count). The molecule has 0 spiro atoms. The maximum absolute atomic E-state index is 13.4. The summed E-state index contributed by atoms with van der Waals surface area (Å²) < 4.78 is 79.0. The lowest BCUT2D eigenvalue weighted by Gasteiger charge is -2.13. The van der Waals surface area contributed by atoms with Crippen LogP contribution in [0, 0.1) is 12.3 Å². The van der Waals surface area contributed by atoms with Crippen molar-refractivity contribution in [3.63, 3.8) is 0 Å². The third kappa shape index (κ3) is 4.31. The van der Waals surface area contributed by atoms with E-state index in [1.54, 1.807) is 6.92 Å². The second-order valence-electron chi connectivity index (χ2n) is 5.70. The minimum Gasteiger partial charge on any atom is -0.390 e. The summed E-state index contributed by atoms with van der Waals surface area (Å²) in [6.45, 7) is 0.941. The fourth-order valence-electron chi connectivity index (χ4n) is 2.35. The second kappa shape index (κ2) is 7.08. The van der Waals surface area contributed by atoms with Crippen LogP contribution in [0.3, 0.4) is 0 Å². The molecule has 27 heavy (non-hydrogen) atoms. The van der Waals surface area contributed by atoms with E-state index >= 15 is 0 Å². The van der Waals surface area contributed by atoms with Crippen LogP contribution >= 0.6 is 0 Å². The molecule has 12 heteroatoms. The molecule has 148 valence electrons. The highest BCUT2D eigenvalue weighted by Gasteiger charge is 2.39. The molecule has 0 aliphatic carbocycles. The molecule has 2 aromatic rings. The molecule has 0 bridgehead atoms. The first kappa shape index (κ1) is 20.5. The highest BCUT2D eigenvalue weighted by molar-refractivity contribution is 6.08. The predicted molar refractivity (Wildman–Crippen MR) is 85.6 cm³/mol. The van der Waals surface area contributed by atoms with Gasteiger partial charge in [-0.2, -0.15) is 26.3 Å². The molecule has 0 saturated carbocycles. The monoisotopic (exact) mass is 395 g/mol. The van der Waals surface area contributed by atoms with Gasteiger partial charge in [0.1, 0.15) is 0 Å². The van der Waals surface area contributed by atoms with Crippen LogP contribution in [0.4, 0.5) is 26.3 Å². The van der Waals surface area contributed by atoms with Gasteiger partial charge in [0.25, 0.3) is 5.56 Å². The lowest BCUT2D eigenvalue weighted by atomic mass is 10.1. The van der Waals surface area contributed by atoms with Crippen LogP contribution < -0.4 is 10.9 Å². The van der Waals surface area contributed by atoms with Crippen LogP contribution in [0.1, 0.15) is 23.4 Å². The van der Waals surface area contributed by atoms with Crippen molar-refractivity contribution in [3.8, 4) is 0 Å². The van der Waals surface area contributed by atoms with Crippen molar-refractivity contribution in [2.45, 2.75) is 25.7 Å². The lowest BCUT2D eigenvalue weighted by molar-refractivity contribution is -0.141. The first-order chi connectivity index (χ1) is 12.4. The number of aromatic nitrogens is 3. The summed E-state index contributed by atoms with van der Waals surface area (Å²) in [5.41, 5.74) is -3.57. The van der Waals surface area contributed by atoms with E-state index in [1.807, 2.05) is 0 Å². The van der Waals surface area contributed by atoms with Gasteiger partial charge in [-0.05, 0) is 6.92 Å². The van der Waals surface area contributed by atoms with Crippen molar-refractivity contribution < 1.29 is 26.3 Å². The smallest absolute Gasteiger partial charge is 0.390 e. The van der Waals surface area contributed by atoms with Gasteiger partial charge in [-0.1, -0.05) is 0 Å². The zero-order valence-corrected chi connectivity index (χ0v) is 14.2. The van der Waals surface area contributed by atoms with Gasteiger partial charge < -0.3 is 15.3 Å². The summed E-state index contributed by atoms with van der Waals surface area (Å²) in [6.07, 6.45) is -8.17. The van der Waals surface area contributed by atoms with E-state index in [-0.39, 0.29) is 5.78 Å². The lowest BCUT2D eigenvalue weighted by Crippen LogP contribution is -2.27. The number of imidazole rings is 1. The Balaban J connectivity index is 2.62. The number of nitrogens with one attached hydrogen (secondary N) is 2. The number of alkyl halides is 6. The number of nitrogens with zero attached hydrogens (tertiary/aromatic N) is 3. The summed E-state index contributed by atoms with van der Waals surface area (Å²) in [5, 5.41) is 9.49. The summed E-state index contributed by atoms with van der Waals surface area (Å²) in [7, 11) is 1.43. The number of fused-ring (bicyclic) bond motifs is 1. The standard InChI is InChI=1S/C15H15F6N5O/c1-8-7-26-12(27)10(9(5-22)6-23-4-3-14(16,17)18)11(15(19,20)21)24-13(26)25(8)2/h5-7,22-23H,3-4H2,1-2H3/b9-6+,22-5?. The van der Waals surface area contributed by atoms with Crippen LogP contribution in [0.5, 0.6) is 0 Å². The number of aryl methyl sites for hydroxylation is 2. The van der Waals surface area contributed by atoms with Crippen molar-refractivity contribution in [2.24, 2.45) is 7.05 Å². The fraction of sp³-hybridized carbons (Fsp3) is 0.400. The first-order valence-electron chi connectivity index (χ1n) is 7.54. The molecule has 2 aromatic heterocycles. The Morgan fingerprint density at radius 1 is 1.30 bits per heavy atom. The average Bonchev–Trinajstić information content (AvgIpc) is 2.82. The van der Waals surface area contributed by atoms with Crippen molar-refractivity contribution >= 4 is 17.6 Å². The van der Waals surface area contributed by atoms with Crippen LogP contribution in [0.15, 0.2) is 17.2 Å². The molecule has 0 aliphatic heterocycles. The average molecular weight is 395 g/mol. The Kier molecular flexibility index (Phi) is 5.38. The molecule has 0 aliphatic rings. The van der Waals surface area contributed by atoms with E-state index in [1.165, 1.54) is 17.8 Å². The number of hydrogen-bond donors (Lipinski definition) is 2. The molecular formula is C15H15F6N5O. The summed E-state index contributed by atoms with van der Waals surface area (Å²) in [6, 6.07) is 0. The third-order valence-corrected chi connectivity index (χ3v) is 3.76. The van der Waals surface area contributed by atoms with Gasteiger partial charge in [0.2, 0.25) is 5.78 Å². The molecule has 0 unspecified atom stereocenters. The Morgan fingerprint density at radius 2 is 1.93 bits per heavy atom. The zero-order chi connectivity index (χ0) is 20.6. The predicted octanol–water partition coefficient (Wildman–Crippen LogP) is 2.89. The Morgan fingerprint density at radius 3 is 2.44 bits per heavy atom. The van der Waals surface area contributed by atoms with E-state index in [0.717, 1.165) is 10.6 Å². The quantitative estimate of drug-likeness (QED) is 0.465. The first-order valence-corrected chi connectivity index (χ1v) is 7.54. The Hall–Kier alpha value is -2.79. The zero-order valence-electron chi connectivity index (χ0n) is 14.2. The summed E-state index contributed by atoms with van der Waals surface area (Å²) in [4.78, 5) is 16.1. The Bertz CT molecular complexity index is 951. The number of allylic oxidation sites excluding steroid dienone is 1. The molecule has 2 N–H and O–H groups in total. The Labute approximate surface area is 148 Å². The van der Waals surface area contributed by atoms with Crippen molar-refractivity contribution in [2.75, 3.05) is 6.54 Å². The van der Waals surface area contributed by atoms with Crippen molar-refractivity contribution in [3.05, 3.63) is 39.7 Å². The molecule has 0 amide bonds. The summed E-state index contributed by atoms with van der Waals surface area (Å²) in [5.74, 6) is -0.247. The van der Waals surface area contributed by atoms with E-state index in [4.69, 9.17) is 5.41 Å². The van der Waals surface area contributed by atoms with Gasteiger partial charge in [-0.15, -0.1) is 0 Å². The maximum atomic E-state index is 13.4. The minimum atomic E-state index is -5.00. The van der Waals surface area contributed by atoms with Gasteiger partial charge in [-0.3, -0.25) is 9.20 Å². The number of halogens is 6. The van der Waals surface area contributed by atoms with E-state index < -0.39 is 47.7 Å². The van der Waals surface area contributed by atoms with E-state index in [9.17, 15) is 31.1 Å². The molecule has 2 heterocycles. The SMILES string of the molecule is Cc1cn2c(=O)c(/C(C=N)=C/NCCC(F)(F)F)c(C(F)(F)F)nc2n1C. The molecule has 0 fully saturated rings. The van der Waals surface area contributed by atoms with Crippen molar-refractivity contribution in [1.29, 1.82) is 5.41 Å². The molecule has 0 aromatic carbocycles. The van der Waals surface area contributed by atoms with Crippen LogP contribution in [0.2, 0.25) is 0 Å². The largest absolute Gasteiger partial charge is 0.434 e. The summed E-state index contributed by atoms with van der Waals surface area (Å²) >= 11 is 0. The second-order valence-corrected chi connectivity index (χ2v) is 5.70. The number of rotatable bonds is 5. The molecule has 0 saturated heterocycles. The molecule has 6 nitrogen and oxygen atoms in total. The van der Waals surface area contributed by atoms with Crippen LogP contribution in [-0.4, -0.2) is 32.9 Å². The van der Waals surface area contributed by atoms with Crippen LogP contribution in [-0.2, 0) is 13.2 Å². The molecule has 0 atom stereocenters. The topological polar surface area (TPSA) is 75.2 Å². The molecule has 0 radical (unpaired) electrons. The van der Waals surface area contributed by atoms with E-state index in [2.05, 4.69) is 10.3 Å².